The maximum atomic E-state index is 14.4. The van der Waals surface area contributed by atoms with Crippen molar-refractivity contribution in [2.45, 2.75) is 13.0 Å². The van der Waals surface area contributed by atoms with E-state index in [4.69, 9.17) is 4.74 Å². The Morgan fingerprint density at radius 3 is 2.62 bits per heavy atom. The number of hydrogen-bond donors (Lipinski definition) is 1. The summed E-state index contributed by atoms with van der Waals surface area (Å²) in [5.74, 6) is 0.249. The normalized spacial score (nSPS) is 12.2. The van der Waals surface area contributed by atoms with E-state index in [2.05, 4.69) is 49.9 Å². The fourth-order valence-electron chi connectivity index (χ4n) is 2.20. The molecule has 1 N–H and O–H groups in total. The first kappa shape index (κ1) is 16.7. The van der Waals surface area contributed by atoms with Crippen LogP contribution in [0.2, 0.25) is 0 Å². The van der Waals surface area contributed by atoms with Gasteiger partial charge in [0.05, 0.1) is 13.2 Å². The average molecular weight is 464 g/mol. The maximum Gasteiger partial charge on any atom is 0.132 e. The van der Waals surface area contributed by atoms with E-state index in [0.29, 0.717) is 11.3 Å². The number of methoxy groups -OCH3 is 1. The van der Waals surface area contributed by atoms with E-state index in [0.717, 1.165) is 20.2 Å². The Kier molecular flexibility index (Phi) is 6.01. The third kappa shape index (κ3) is 3.96. The Morgan fingerprint density at radius 1 is 1.24 bits per heavy atom. The molecule has 0 aliphatic heterocycles. The number of benzene rings is 2. The topological polar surface area (TPSA) is 21.3 Å². The van der Waals surface area contributed by atoms with Gasteiger partial charge in [-0.05, 0) is 59.0 Å². The van der Waals surface area contributed by atoms with Gasteiger partial charge in [-0.3, -0.25) is 0 Å². The van der Waals surface area contributed by atoms with Crippen molar-refractivity contribution in [3.05, 3.63) is 61.4 Å². The van der Waals surface area contributed by atoms with Gasteiger partial charge in [-0.15, -0.1) is 0 Å². The fraction of sp³-hybridized carbons (Fsp3) is 0.250. The van der Waals surface area contributed by atoms with Crippen LogP contribution in [-0.4, -0.2) is 13.7 Å². The molecule has 1 unspecified atom stereocenters. The van der Waals surface area contributed by atoms with Crippen LogP contribution < -0.4 is 10.1 Å². The van der Waals surface area contributed by atoms with E-state index in [9.17, 15) is 4.39 Å². The van der Waals surface area contributed by atoms with Crippen molar-refractivity contribution in [1.82, 2.24) is 5.32 Å². The Bertz CT molecular complexity index is 636. The van der Waals surface area contributed by atoms with Crippen molar-refractivity contribution in [3.8, 4) is 5.75 Å². The second-order valence-electron chi connectivity index (χ2n) is 4.54. The summed E-state index contributed by atoms with van der Waals surface area (Å²) in [5, 5.41) is 3.35. The molecule has 0 aromatic heterocycles. The molecule has 21 heavy (non-hydrogen) atoms. The van der Waals surface area contributed by atoms with Crippen molar-refractivity contribution in [3.63, 3.8) is 0 Å². The molecule has 1 atom stereocenters. The molecule has 0 saturated heterocycles. The lowest BCUT2D eigenvalue weighted by molar-refractivity contribution is 0.410. The zero-order chi connectivity index (χ0) is 15.4. The van der Waals surface area contributed by atoms with Gasteiger partial charge >= 0.3 is 0 Å². The highest BCUT2D eigenvalue weighted by molar-refractivity contribution is 14.1. The van der Waals surface area contributed by atoms with Crippen LogP contribution >= 0.6 is 38.5 Å². The fourth-order valence-corrected chi connectivity index (χ4v) is 3.19. The highest BCUT2D eigenvalue weighted by Crippen LogP contribution is 2.32. The summed E-state index contributed by atoms with van der Waals surface area (Å²) < 4.78 is 21.5. The molecule has 0 saturated carbocycles. The first-order chi connectivity index (χ1) is 10.1. The molecule has 0 amide bonds. The van der Waals surface area contributed by atoms with E-state index >= 15 is 0 Å². The SMILES string of the molecule is CCNC(c1ccc(OC)cc1F)c1cc(I)ccc1Br. The van der Waals surface area contributed by atoms with Crippen LogP contribution in [0.1, 0.15) is 24.1 Å². The Labute approximate surface area is 146 Å². The second kappa shape index (κ2) is 7.56. The van der Waals surface area contributed by atoms with Gasteiger partial charge in [0.1, 0.15) is 11.6 Å². The summed E-state index contributed by atoms with van der Waals surface area (Å²) >= 11 is 5.82. The van der Waals surface area contributed by atoms with Crippen LogP contribution in [0.15, 0.2) is 40.9 Å². The third-order valence-corrected chi connectivity index (χ3v) is 4.59. The van der Waals surface area contributed by atoms with E-state index < -0.39 is 0 Å². The lowest BCUT2D eigenvalue weighted by atomic mass is 9.98. The minimum absolute atomic E-state index is 0.204. The number of nitrogens with one attached hydrogen (secondary N) is 1. The molecule has 5 heteroatoms. The lowest BCUT2D eigenvalue weighted by Gasteiger charge is -2.21. The highest BCUT2D eigenvalue weighted by atomic mass is 127. The van der Waals surface area contributed by atoms with E-state index in [1.165, 1.54) is 13.2 Å². The Balaban J connectivity index is 2.50. The number of halogens is 3. The Morgan fingerprint density at radius 2 is 2.00 bits per heavy atom. The van der Waals surface area contributed by atoms with Crippen LogP contribution in [0.4, 0.5) is 4.39 Å². The zero-order valence-corrected chi connectivity index (χ0v) is 15.5. The molecule has 0 aliphatic rings. The number of ether oxygens (including phenoxy) is 1. The van der Waals surface area contributed by atoms with Crippen LogP contribution in [0, 0.1) is 9.39 Å². The molecular formula is C16H16BrFINO. The van der Waals surface area contributed by atoms with Crippen LogP contribution in [-0.2, 0) is 0 Å². The van der Waals surface area contributed by atoms with Crippen molar-refractivity contribution in [2.75, 3.05) is 13.7 Å². The largest absolute Gasteiger partial charge is 0.497 e. The van der Waals surface area contributed by atoms with Gasteiger partial charge in [-0.25, -0.2) is 4.39 Å². The first-order valence-corrected chi connectivity index (χ1v) is 8.45. The second-order valence-corrected chi connectivity index (χ2v) is 6.64. The van der Waals surface area contributed by atoms with Crippen molar-refractivity contribution in [2.24, 2.45) is 0 Å². The molecule has 0 aliphatic carbocycles. The van der Waals surface area contributed by atoms with Gasteiger partial charge in [-0.2, -0.15) is 0 Å². The summed E-state index contributed by atoms with van der Waals surface area (Å²) in [7, 11) is 1.53. The summed E-state index contributed by atoms with van der Waals surface area (Å²) in [4.78, 5) is 0. The standard InChI is InChI=1S/C16H16BrFINO/c1-3-20-16(13-8-10(19)4-7-14(13)17)12-6-5-11(21-2)9-15(12)18/h4-9,16,20H,3H2,1-2H3. The minimum atomic E-state index is -0.272. The molecule has 2 aromatic carbocycles. The quantitative estimate of drug-likeness (QED) is 0.636. The average Bonchev–Trinajstić information content (AvgIpc) is 2.48. The molecule has 0 spiro atoms. The van der Waals surface area contributed by atoms with E-state index in [1.54, 1.807) is 12.1 Å². The number of rotatable bonds is 5. The molecule has 0 heterocycles. The van der Waals surface area contributed by atoms with Crippen LogP contribution in [0.25, 0.3) is 0 Å². The molecule has 2 rings (SSSR count). The van der Waals surface area contributed by atoms with Gasteiger partial charge in [0.2, 0.25) is 0 Å². The predicted octanol–water partition coefficient (Wildman–Crippen LogP) is 4.90. The third-order valence-electron chi connectivity index (χ3n) is 3.20. The molecular weight excluding hydrogens is 448 g/mol. The van der Waals surface area contributed by atoms with Gasteiger partial charge in [0, 0.05) is 19.7 Å². The number of hydrogen-bond acceptors (Lipinski definition) is 2. The van der Waals surface area contributed by atoms with E-state index in [1.807, 2.05) is 19.1 Å². The zero-order valence-electron chi connectivity index (χ0n) is 11.8. The highest BCUT2D eigenvalue weighted by Gasteiger charge is 2.20. The van der Waals surface area contributed by atoms with Gasteiger partial charge in [0.15, 0.2) is 0 Å². The molecule has 0 radical (unpaired) electrons. The lowest BCUT2D eigenvalue weighted by Crippen LogP contribution is -2.23. The van der Waals surface area contributed by atoms with Crippen molar-refractivity contribution < 1.29 is 9.13 Å². The van der Waals surface area contributed by atoms with Gasteiger partial charge in [-0.1, -0.05) is 28.9 Å². The van der Waals surface area contributed by atoms with Gasteiger partial charge < -0.3 is 10.1 Å². The maximum absolute atomic E-state index is 14.4. The summed E-state index contributed by atoms with van der Waals surface area (Å²) in [5.41, 5.74) is 1.63. The smallest absolute Gasteiger partial charge is 0.132 e. The Hall–Kier alpha value is -0.660. The molecule has 2 aromatic rings. The monoisotopic (exact) mass is 463 g/mol. The predicted molar refractivity (Wildman–Crippen MR) is 95.3 cm³/mol. The summed E-state index contributed by atoms with van der Waals surface area (Å²) in [6.45, 7) is 2.75. The summed E-state index contributed by atoms with van der Waals surface area (Å²) in [6, 6.07) is 10.8. The minimum Gasteiger partial charge on any atom is -0.497 e. The first-order valence-electron chi connectivity index (χ1n) is 6.58. The van der Waals surface area contributed by atoms with Crippen LogP contribution in [0.3, 0.4) is 0 Å². The summed E-state index contributed by atoms with van der Waals surface area (Å²) in [6.07, 6.45) is 0. The van der Waals surface area contributed by atoms with Crippen molar-refractivity contribution >= 4 is 38.5 Å². The van der Waals surface area contributed by atoms with Crippen molar-refractivity contribution in [1.29, 1.82) is 0 Å². The molecule has 2 nitrogen and oxygen atoms in total. The van der Waals surface area contributed by atoms with Gasteiger partial charge in [0.25, 0.3) is 0 Å². The molecule has 0 fully saturated rings. The van der Waals surface area contributed by atoms with E-state index in [-0.39, 0.29) is 11.9 Å². The molecule has 112 valence electrons. The van der Waals surface area contributed by atoms with Crippen LogP contribution in [0.5, 0.6) is 5.75 Å². The molecule has 0 bridgehead atoms.